The molecule has 0 amide bonds. The number of rotatable bonds is 12. The van der Waals surface area contributed by atoms with E-state index in [2.05, 4.69) is 19.4 Å². The summed E-state index contributed by atoms with van der Waals surface area (Å²) in [4.78, 5) is 14.3. The maximum atomic E-state index is 9.21. The Bertz CT molecular complexity index is 10200. The zero-order valence-electron chi connectivity index (χ0n) is 110. The normalized spacial score (nSPS) is 15.9. The molecule has 12 nitrogen and oxygen atoms in total. The van der Waals surface area contributed by atoms with E-state index in [9.17, 15) is 1.37 Å². The Balaban J connectivity index is 0.000000148. The predicted molar refractivity (Wildman–Crippen MR) is 537 cm³/mol. The molecule has 12 heteroatoms. The van der Waals surface area contributed by atoms with Gasteiger partial charge in [0.2, 0.25) is 22.8 Å². The Morgan fingerprint density at radius 2 is 0.550 bits per heavy atom. The monoisotopic (exact) mass is 1750 g/mol. The van der Waals surface area contributed by atoms with Crippen LogP contribution in [0.2, 0.25) is 0 Å². The largest absolute Gasteiger partial charge is 0.456 e. The summed E-state index contributed by atoms with van der Waals surface area (Å²) >= 11 is 0. The third-order valence-electron chi connectivity index (χ3n) is 23.4. The van der Waals surface area contributed by atoms with Crippen molar-refractivity contribution in [3.8, 4) is 89.5 Å². The molecule has 0 bridgehead atoms. The van der Waals surface area contributed by atoms with Crippen molar-refractivity contribution < 1.29 is 83.9 Å². The number of nitrogens with zero attached hydrogens (tertiary/aromatic N) is 8. The Labute approximate surface area is 816 Å². The lowest BCUT2D eigenvalue weighted by atomic mass is 9.95. The van der Waals surface area contributed by atoms with Crippen LogP contribution >= 0.6 is 0 Å². The van der Waals surface area contributed by atoms with Crippen LogP contribution in [0.3, 0.4) is 0 Å². The summed E-state index contributed by atoms with van der Waals surface area (Å²) in [7, 11) is 6.91. The molecule has 0 radical (unpaired) electrons. The van der Waals surface area contributed by atoms with Gasteiger partial charge in [-0.05, 0) is 125 Å². The van der Waals surface area contributed by atoms with Gasteiger partial charge in [-0.25, -0.2) is 19.4 Å². The summed E-state index contributed by atoms with van der Waals surface area (Å²) in [5.41, 5.74) is 11.5. The molecule has 8 heterocycles. The van der Waals surface area contributed by atoms with Gasteiger partial charge in [0.05, 0.1) is 86.9 Å². The highest BCUT2D eigenvalue weighted by atomic mass is 16.3. The molecule has 1 atom stereocenters. The van der Waals surface area contributed by atoms with Crippen LogP contribution < -0.4 is 18.3 Å². The molecule has 1 unspecified atom stereocenters. The minimum absolute atomic E-state index is 0.0134. The minimum Gasteiger partial charge on any atom is -0.456 e. The van der Waals surface area contributed by atoms with E-state index in [0.29, 0.717) is 139 Å². The zero-order valence-corrected chi connectivity index (χ0v) is 75.0. The molecule has 0 fully saturated rings. The van der Waals surface area contributed by atoms with Crippen molar-refractivity contribution in [1.29, 1.82) is 0 Å². The van der Waals surface area contributed by atoms with Gasteiger partial charge in [-0.2, -0.15) is 18.3 Å². The van der Waals surface area contributed by atoms with Crippen molar-refractivity contribution in [3.05, 3.63) is 379 Å². The quantitative estimate of drug-likeness (QED) is 0.0901. The fraction of sp³-hybridized carbons (Fsp3) is 0.193. The number of furan rings is 4. The van der Waals surface area contributed by atoms with Crippen LogP contribution in [0.5, 0.6) is 0 Å². The number of fused-ring (bicyclic) bond motifs is 12. The molecule has 0 N–H and O–H groups in total. The molecule has 20 aromatic rings. The van der Waals surface area contributed by atoms with Crippen LogP contribution in [-0.4, -0.2) is 0 Å². The average molecular weight is 1750 g/mol. The van der Waals surface area contributed by atoms with Crippen molar-refractivity contribution in [2.75, 3.05) is 0 Å². The van der Waals surface area contributed by atoms with Crippen molar-refractivity contribution >= 4 is 111 Å². The van der Waals surface area contributed by atoms with Crippen LogP contribution in [0.4, 0.5) is 22.7 Å². The van der Waals surface area contributed by atoms with E-state index in [4.69, 9.17) is 90.6 Å². The SMILES string of the molecule is [2H]c1c([2H])c([2H])c(-c2c([N+]#[C-])ccc3c2oc2c(-c4c([2H])c(C([2H])(C)C([2H])([2H])[2H])c([2H])c(C)[n+]4C)c(C)ccc23)c([2H])c1[2H].[2H]c1c([2H])c([2H])c(-c2c([N+]#[C-])ccc3c2oc2c(-c4c([2H])c(C([2H])(C)C)c([2H])c(C)[n+]4C)c(C)ccc23)c([2H])c1[2H].[2H]c1c([2H])c([2H])c(-c2c([N+]#[C-])ccc3c2oc2c(-c4c([2H])c(C([2H])([2H])C(C)C)c([2H])c(C)[n+]4C)c(C)ccc23)c([2H])c1[2H].[2H]c1c([2H])c([2H])c(-c2c([N+]#[C-])ccc3c2oc2c(-c4c([2H])c(C)c([2H])c(C)[n+]4C)c(C)ccc23)c([2H])c1[2H]. The number of aryl methyl sites for hydroxylation is 4. The van der Waals surface area contributed by atoms with Crippen LogP contribution in [0.15, 0.2) is 284 Å². The Hall–Kier alpha value is -15.6. The van der Waals surface area contributed by atoms with E-state index in [1.54, 1.807) is 157 Å². The van der Waals surface area contributed by atoms with Gasteiger partial charge in [0.1, 0.15) is 72.9 Å². The second-order valence-corrected chi connectivity index (χ2v) is 32.4. The molecular weight excluding hydrogens is 1610 g/mol. The fourth-order valence-electron chi connectivity index (χ4n) is 16.5. The van der Waals surface area contributed by atoms with Gasteiger partial charge in [0.25, 0.3) is 0 Å². The van der Waals surface area contributed by atoms with Gasteiger partial charge in [0, 0.05) is 151 Å². The van der Waals surface area contributed by atoms with E-state index in [1.807, 2.05) is 64.1 Å². The summed E-state index contributed by atoms with van der Waals surface area (Å²) in [6.45, 7) is 52.2. The summed E-state index contributed by atoms with van der Waals surface area (Å²) in [6, 6.07) is 17.7. The smallest absolute Gasteiger partial charge is 0.216 e. The van der Waals surface area contributed by atoms with Gasteiger partial charge in [0.15, 0.2) is 45.5 Å². The first-order valence-corrected chi connectivity index (χ1v) is 41.7. The number of aromatic nitrogens is 4. The first-order valence-electron chi connectivity index (χ1n) is 59.2. The molecule has 12 aromatic carbocycles. The molecule has 8 aromatic heterocycles. The van der Waals surface area contributed by atoms with Gasteiger partial charge in [-0.1, -0.05) is 259 Å². The number of hydrogen-bond acceptors (Lipinski definition) is 4. The molecule has 0 saturated heterocycles. The molecule has 131 heavy (non-hydrogen) atoms. The van der Waals surface area contributed by atoms with E-state index in [1.165, 1.54) is 19.1 Å². The molecule has 0 aliphatic rings. The van der Waals surface area contributed by atoms with Crippen LogP contribution in [0.1, 0.15) is 169 Å². The lowest BCUT2D eigenvalue weighted by molar-refractivity contribution is -0.666. The first-order chi connectivity index (χ1) is 77.5. The second kappa shape index (κ2) is 35.9. The highest BCUT2D eigenvalue weighted by Crippen LogP contribution is 2.51. The number of hydrogen-bond donors (Lipinski definition) is 0. The first kappa shape index (κ1) is 54.5. The fourth-order valence-corrected chi connectivity index (χ4v) is 16.5. The molecule has 20 rings (SSSR count). The lowest BCUT2D eigenvalue weighted by Crippen LogP contribution is -2.35. The van der Waals surface area contributed by atoms with E-state index in [-0.39, 0.29) is 160 Å². The third-order valence-corrected chi connectivity index (χ3v) is 23.4. The van der Waals surface area contributed by atoms with Crippen molar-refractivity contribution in [2.45, 2.75) is 122 Å². The summed E-state index contributed by atoms with van der Waals surface area (Å²) < 4.78 is 328. The van der Waals surface area contributed by atoms with E-state index in [0.717, 1.165) is 16.7 Å². The van der Waals surface area contributed by atoms with Crippen molar-refractivity contribution in [1.82, 2.24) is 0 Å². The highest BCUT2D eigenvalue weighted by Gasteiger charge is 2.32. The van der Waals surface area contributed by atoms with Crippen LogP contribution in [-0.2, 0) is 34.6 Å². The zero-order chi connectivity index (χ0) is 123. The molecule has 0 aliphatic heterocycles. The molecule has 642 valence electrons. The summed E-state index contributed by atoms with van der Waals surface area (Å²) in [6.07, 6.45) is -1.96. The van der Waals surface area contributed by atoms with Gasteiger partial charge >= 0.3 is 0 Å². The highest BCUT2D eigenvalue weighted by molar-refractivity contribution is 6.19. The van der Waals surface area contributed by atoms with E-state index >= 15 is 0 Å². The van der Waals surface area contributed by atoms with Crippen molar-refractivity contribution in [3.63, 3.8) is 0 Å². The van der Waals surface area contributed by atoms with Crippen molar-refractivity contribution in [2.24, 2.45) is 34.1 Å². The van der Waals surface area contributed by atoms with Gasteiger partial charge in [-0.15, -0.1) is 0 Å². The topological polar surface area (TPSA) is 85.5 Å². The molecule has 0 aliphatic carbocycles. The average Bonchev–Trinajstić information content (AvgIpc) is 1.64. The minimum atomic E-state index is -2.84. The van der Waals surface area contributed by atoms with Gasteiger partial charge < -0.3 is 17.7 Å². The summed E-state index contributed by atoms with van der Waals surface area (Å²) in [5, 5.41) is 4.76. The molecular formula is C119H106N8O4+4. The van der Waals surface area contributed by atoms with Gasteiger partial charge in [-0.3, -0.25) is 0 Å². The third kappa shape index (κ3) is 16.0. The predicted octanol–water partition coefficient (Wildman–Crippen LogP) is 31.4. The van der Waals surface area contributed by atoms with E-state index < -0.39 is 152 Å². The Morgan fingerprint density at radius 1 is 0.305 bits per heavy atom. The maximum absolute atomic E-state index is 9.21. The Morgan fingerprint density at radius 3 is 0.817 bits per heavy atom. The Kier molecular flexibility index (Phi) is 15.0. The van der Waals surface area contributed by atoms with Crippen LogP contribution in [0, 0.1) is 94.5 Å². The molecule has 0 saturated carbocycles. The van der Waals surface area contributed by atoms with Crippen LogP contribution in [0.25, 0.3) is 197 Å². The lowest BCUT2D eigenvalue weighted by Gasteiger charge is -2.11. The summed E-state index contributed by atoms with van der Waals surface area (Å²) in [5.74, 6) is -3.99. The molecule has 0 spiro atoms. The number of benzene rings is 12. The maximum Gasteiger partial charge on any atom is 0.216 e. The second-order valence-electron chi connectivity index (χ2n) is 32.4. The number of pyridine rings is 4. The standard InChI is InChI=1S/C31H29N2O.2C30H27N2O.C28H23N2O/c1-19(2)16-22-17-21(4)33(6)27(18-22)28-20(3)12-13-24-25-14-15-26(32-5)29(31(25)34-30(24)28)23-10-8-7-9-11-23;2*1-18(2)22-16-20(4)32(6)26(17-22)27-19(3)12-13-23-24-14-15-25(31-5)28(30(24)33-29(23)27)21-10-8-7-9-11-21;1-17-15-19(3)30(5)24(16-17)25-18(2)11-12-21-22-13-14-23(29-4)26(28(22)31-27(21)25)20-9-7-6-8-10-20/h7-15,17-19H,16H2,1-4,6H3;2*7-18H,1-4,6H3;6-16H,1-3,5H3/q4*+1/i7D,8D,9D,10D,11D,16D2,17D,18D;1D3,7D,8D,9D,10D,11D,16D,17D,18D;7D,8D,9D,10D,11D,16D,17D,18D;6D,7D,8D,9D,10D,15D,16D.